The molecule has 1 aliphatic rings. The van der Waals surface area contributed by atoms with Gasteiger partial charge in [0, 0.05) is 13.1 Å². The Labute approximate surface area is 153 Å². The molecule has 0 atom stereocenters. The van der Waals surface area contributed by atoms with Crippen molar-refractivity contribution in [3.63, 3.8) is 0 Å². The number of nitrogens with zero attached hydrogens (tertiary/aromatic N) is 1. The molecule has 2 rings (SSSR count). The highest BCUT2D eigenvalue weighted by atomic mass is 35.5. The molecule has 0 aromatic heterocycles. The Morgan fingerprint density at radius 1 is 1.08 bits per heavy atom. The lowest BCUT2D eigenvalue weighted by Gasteiger charge is -2.32. The van der Waals surface area contributed by atoms with Crippen LogP contribution in [0.25, 0.3) is 0 Å². The highest BCUT2D eigenvalue weighted by Gasteiger charge is 2.32. The smallest absolute Gasteiger partial charge is 0.243 e. The summed E-state index contributed by atoms with van der Waals surface area (Å²) in [4.78, 5) is 0.531. The number of nitrogens with one attached hydrogen (secondary N) is 1. The van der Waals surface area contributed by atoms with E-state index < -0.39 is 10.0 Å². The molecule has 1 aromatic rings. The molecule has 1 aromatic carbocycles. The molecule has 24 heavy (non-hydrogen) atoms. The zero-order valence-electron chi connectivity index (χ0n) is 15.5. The van der Waals surface area contributed by atoms with Gasteiger partial charge in [-0.3, -0.25) is 0 Å². The number of benzene rings is 1. The van der Waals surface area contributed by atoms with Crippen molar-refractivity contribution in [2.24, 2.45) is 5.92 Å². The minimum absolute atomic E-state index is 0. The van der Waals surface area contributed by atoms with Crippen LogP contribution in [0, 0.1) is 33.6 Å². The minimum atomic E-state index is -3.39. The second kappa shape index (κ2) is 8.65. The molecular weight excluding hydrogens is 344 g/mol. The van der Waals surface area contributed by atoms with Crippen LogP contribution in [-0.2, 0) is 10.0 Å². The number of sulfonamides is 1. The van der Waals surface area contributed by atoms with Crippen molar-refractivity contribution in [1.82, 2.24) is 9.62 Å². The summed E-state index contributed by atoms with van der Waals surface area (Å²) in [6.45, 7) is 10.1. The van der Waals surface area contributed by atoms with Gasteiger partial charge in [0.05, 0.1) is 4.90 Å². The van der Waals surface area contributed by atoms with E-state index in [1.165, 1.54) is 0 Å². The molecule has 0 bridgehead atoms. The Hall–Kier alpha value is -0.620. The zero-order valence-corrected chi connectivity index (χ0v) is 17.1. The maximum Gasteiger partial charge on any atom is 0.243 e. The second-order valence-corrected chi connectivity index (χ2v) is 8.70. The fraction of sp³-hybridized carbons (Fsp3) is 0.667. The summed E-state index contributed by atoms with van der Waals surface area (Å²) in [5.41, 5.74) is 3.89. The van der Waals surface area contributed by atoms with Gasteiger partial charge in [0.15, 0.2) is 0 Å². The van der Waals surface area contributed by atoms with Crippen LogP contribution in [0.1, 0.15) is 41.5 Å². The van der Waals surface area contributed by atoms with Crippen LogP contribution in [0.15, 0.2) is 11.0 Å². The van der Waals surface area contributed by atoms with Crippen LogP contribution < -0.4 is 5.32 Å². The lowest BCUT2D eigenvalue weighted by molar-refractivity contribution is 0.263. The van der Waals surface area contributed by atoms with Crippen molar-refractivity contribution < 1.29 is 8.42 Å². The predicted molar refractivity (Wildman–Crippen MR) is 103 cm³/mol. The van der Waals surface area contributed by atoms with Crippen LogP contribution in [-0.4, -0.2) is 39.4 Å². The van der Waals surface area contributed by atoms with E-state index in [9.17, 15) is 8.42 Å². The van der Waals surface area contributed by atoms with Crippen molar-refractivity contribution in [2.75, 3.05) is 26.7 Å². The molecule has 1 aliphatic heterocycles. The summed E-state index contributed by atoms with van der Waals surface area (Å²) in [5.74, 6) is 0.635. The SMILES string of the molecule is CNCCC1CCN(S(=O)(=O)c2c(C)c(C)cc(C)c2C)CC1.Cl. The molecule has 6 heteroatoms. The number of aryl methyl sites for hydroxylation is 2. The predicted octanol–water partition coefficient (Wildman–Crippen LogP) is 3.35. The fourth-order valence-electron chi connectivity index (χ4n) is 3.48. The molecule has 4 nitrogen and oxygen atoms in total. The standard InChI is InChI=1S/C18H30N2O2S.ClH/c1-13-12-14(2)16(4)18(15(13)3)23(21,22)20-10-7-17(8-11-20)6-9-19-5;/h12,17,19H,6-11H2,1-5H3;1H. The van der Waals surface area contributed by atoms with Gasteiger partial charge in [-0.25, -0.2) is 8.42 Å². The van der Waals surface area contributed by atoms with E-state index in [1.54, 1.807) is 4.31 Å². The van der Waals surface area contributed by atoms with Crippen LogP contribution in [0.5, 0.6) is 0 Å². The van der Waals surface area contributed by atoms with E-state index in [2.05, 4.69) is 11.4 Å². The van der Waals surface area contributed by atoms with Gasteiger partial charge in [-0.2, -0.15) is 4.31 Å². The molecule has 0 spiro atoms. The summed E-state index contributed by atoms with van der Waals surface area (Å²) in [7, 11) is -1.43. The first-order chi connectivity index (χ1) is 10.8. The van der Waals surface area contributed by atoms with Gasteiger partial charge in [0.1, 0.15) is 0 Å². The van der Waals surface area contributed by atoms with E-state index in [4.69, 9.17) is 0 Å². The maximum atomic E-state index is 13.2. The van der Waals surface area contributed by atoms with Crippen LogP contribution in [0.2, 0.25) is 0 Å². The van der Waals surface area contributed by atoms with Crippen LogP contribution in [0.4, 0.5) is 0 Å². The zero-order chi connectivity index (χ0) is 17.2. The lowest BCUT2D eigenvalue weighted by atomic mass is 9.95. The van der Waals surface area contributed by atoms with E-state index in [0.717, 1.165) is 48.1 Å². The molecule has 0 aliphatic carbocycles. The minimum Gasteiger partial charge on any atom is -0.320 e. The molecule has 1 N–H and O–H groups in total. The van der Waals surface area contributed by atoms with Gasteiger partial charge >= 0.3 is 0 Å². The Kier molecular flexibility index (Phi) is 7.73. The molecule has 1 saturated heterocycles. The molecule has 1 fully saturated rings. The first-order valence-electron chi connectivity index (χ1n) is 8.51. The van der Waals surface area contributed by atoms with Crippen molar-refractivity contribution >= 4 is 22.4 Å². The highest BCUT2D eigenvalue weighted by Crippen LogP contribution is 2.31. The Bertz CT molecular complexity index is 640. The average molecular weight is 375 g/mol. The summed E-state index contributed by atoms with van der Waals surface area (Å²) >= 11 is 0. The molecule has 0 unspecified atom stereocenters. The maximum absolute atomic E-state index is 13.2. The number of hydrogen-bond acceptors (Lipinski definition) is 3. The van der Waals surface area contributed by atoms with Gasteiger partial charge < -0.3 is 5.32 Å². The van der Waals surface area contributed by atoms with Gasteiger partial charge in [0.25, 0.3) is 0 Å². The van der Waals surface area contributed by atoms with Gasteiger partial charge in [-0.15, -0.1) is 12.4 Å². The molecule has 1 heterocycles. The van der Waals surface area contributed by atoms with E-state index in [-0.39, 0.29) is 12.4 Å². The molecular formula is C18H31ClN2O2S. The highest BCUT2D eigenvalue weighted by molar-refractivity contribution is 7.89. The van der Waals surface area contributed by atoms with Crippen molar-refractivity contribution in [1.29, 1.82) is 0 Å². The van der Waals surface area contributed by atoms with Gasteiger partial charge in [-0.05, 0) is 88.7 Å². The largest absolute Gasteiger partial charge is 0.320 e. The van der Waals surface area contributed by atoms with Crippen molar-refractivity contribution in [2.45, 2.75) is 51.9 Å². The fourth-order valence-corrected chi connectivity index (χ4v) is 5.53. The van der Waals surface area contributed by atoms with Crippen molar-refractivity contribution in [3.8, 4) is 0 Å². The van der Waals surface area contributed by atoms with E-state index in [0.29, 0.717) is 23.9 Å². The first-order valence-corrected chi connectivity index (χ1v) is 9.95. The lowest BCUT2D eigenvalue weighted by Crippen LogP contribution is -2.39. The Morgan fingerprint density at radius 2 is 1.58 bits per heavy atom. The van der Waals surface area contributed by atoms with Gasteiger partial charge in [-0.1, -0.05) is 6.07 Å². The van der Waals surface area contributed by atoms with Crippen LogP contribution in [0.3, 0.4) is 0 Å². The van der Waals surface area contributed by atoms with Crippen LogP contribution >= 0.6 is 12.4 Å². The van der Waals surface area contributed by atoms with E-state index in [1.807, 2.05) is 34.7 Å². The molecule has 0 radical (unpaired) electrons. The Balaban J connectivity index is 0.00000288. The Morgan fingerprint density at radius 3 is 2.04 bits per heavy atom. The number of hydrogen-bond donors (Lipinski definition) is 1. The monoisotopic (exact) mass is 374 g/mol. The number of halogens is 1. The van der Waals surface area contributed by atoms with Crippen molar-refractivity contribution in [3.05, 3.63) is 28.3 Å². The summed E-state index contributed by atoms with van der Waals surface area (Å²) in [6, 6.07) is 2.08. The first kappa shape index (κ1) is 21.4. The number of rotatable bonds is 5. The van der Waals surface area contributed by atoms with E-state index >= 15 is 0 Å². The topological polar surface area (TPSA) is 49.4 Å². The molecule has 138 valence electrons. The average Bonchev–Trinajstić information content (AvgIpc) is 2.51. The third-order valence-corrected chi connectivity index (χ3v) is 7.44. The number of piperidine rings is 1. The normalized spacial score (nSPS) is 16.9. The third-order valence-electron chi connectivity index (χ3n) is 5.27. The molecule has 0 saturated carbocycles. The molecule has 0 amide bonds. The summed E-state index contributed by atoms with van der Waals surface area (Å²) < 4.78 is 28.0. The summed E-state index contributed by atoms with van der Waals surface area (Å²) in [5, 5.41) is 3.18. The summed E-state index contributed by atoms with van der Waals surface area (Å²) in [6.07, 6.45) is 3.06. The quantitative estimate of drug-likeness (QED) is 0.859. The third kappa shape index (κ3) is 4.31. The second-order valence-electron chi connectivity index (χ2n) is 6.83. The van der Waals surface area contributed by atoms with Gasteiger partial charge in [0.2, 0.25) is 10.0 Å².